The number of hydrogen-bond acceptors (Lipinski definition) is 2. The molecule has 0 amide bonds. The maximum absolute atomic E-state index is 4.89. The van der Waals surface area contributed by atoms with Crippen molar-refractivity contribution in [2.75, 3.05) is 11.9 Å². The van der Waals surface area contributed by atoms with Crippen LogP contribution in [0.15, 0.2) is 28.7 Å². The van der Waals surface area contributed by atoms with Crippen molar-refractivity contribution in [1.82, 2.24) is 9.78 Å². The Kier molecular flexibility index (Phi) is 3.59. The van der Waals surface area contributed by atoms with Gasteiger partial charge in [0.05, 0.1) is 10.5 Å². The number of nitrogens with one attached hydrogen (secondary N) is 1. The second-order valence-corrected chi connectivity index (χ2v) is 6.59. The summed E-state index contributed by atoms with van der Waals surface area (Å²) in [6.07, 6.45) is 1.13. The van der Waals surface area contributed by atoms with E-state index < -0.39 is 0 Å². The molecule has 1 unspecified atom stereocenters. The summed E-state index contributed by atoms with van der Waals surface area (Å²) in [5.41, 5.74) is 3.49. The molecule has 4 heteroatoms. The van der Waals surface area contributed by atoms with Crippen molar-refractivity contribution in [2.45, 2.75) is 33.2 Å². The number of benzene rings is 1. The highest BCUT2D eigenvalue weighted by molar-refractivity contribution is 9.10. The summed E-state index contributed by atoms with van der Waals surface area (Å²) in [7, 11) is 0. The summed E-state index contributed by atoms with van der Waals surface area (Å²) < 4.78 is 3.25. The Hall–Kier alpha value is -1.29. The van der Waals surface area contributed by atoms with Crippen LogP contribution in [0.3, 0.4) is 0 Å². The van der Waals surface area contributed by atoms with Gasteiger partial charge in [0, 0.05) is 12.1 Å². The normalized spacial score (nSPS) is 17.9. The van der Waals surface area contributed by atoms with Crippen molar-refractivity contribution in [2.24, 2.45) is 5.92 Å². The van der Waals surface area contributed by atoms with Crippen LogP contribution in [0.4, 0.5) is 5.82 Å². The van der Waals surface area contributed by atoms with Crippen LogP contribution >= 0.6 is 15.9 Å². The lowest BCUT2D eigenvalue weighted by Crippen LogP contribution is -2.26. The van der Waals surface area contributed by atoms with Crippen molar-refractivity contribution in [1.29, 1.82) is 0 Å². The minimum absolute atomic E-state index is 0.473. The van der Waals surface area contributed by atoms with E-state index in [1.165, 1.54) is 11.1 Å². The first-order valence-corrected chi connectivity index (χ1v) is 7.96. The molecule has 20 heavy (non-hydrogen) atoms. The zero-order valence-corrected chi connectivity index (χ0v) is 13.7. The van der Waals surface area contributed by atoms with Crippen LogP contribution in [-0.4, -0.2) is 16.3 Å². The molecule has 106 valence electrons. The van der Waals surface area contributed by atoms with Crippen LogP contribution in [0, 0.1) is 12.8 Å². The Balaban J connectivity index is 2.14. The lowest BCUT2D eigenvalue weighted by molar-refractivity contribution is 0.323. The van der Waals surface area contributed by atoms with Gasteiger partial charge in [-0.25, -0.2) is 4.68 Å². The van der Waals surface area contributed by atoms with E-state index in [0.717, 1.165) is 29.0 Å². The molecule has 0 saturated heterocycles. The average molecular weight is 334 g/mol. The Morgan fingerprint density at radius 3 is 2.80 bits per heavy atom. The number of aromatic nitrogens is 2. The maximum atomic E-state index is 4.89. The SMILES string of the molecule is Cc1ccccc1-c1nn2c(c1Br)NCCC2C(C)C. The fourth-order valence-electron chi connectivity index (χ4n) is 2.90. The minimum Gasteiger partial charge on any atom is -0.369 e. The molecular weight excluding hydrogens is 314 g/mol. The highest BCUT2D eigenvalue weighted by Crippen LogP contribution is 2.40. The summed E-state index contributed by atoms with van der Waals surface area (Å²) in [5.74, 6) is 1.71. The van der Waals surface area contributed by atoms with Crippen molar-refractivity contribution in [3.8, 4) is 11.3 Å². The lowest BCUT2D eigenvalue weighted by atomic mass is 10.00. The zero-order chi connectivity index (χ0) is 14.3. The third-order valence-electron chi connectivity index (χ3n) is 4.07. The van der Waals surface area contributed by atoms with E-state index in [4.69, 9.17) is 5.10 Å². The fourth-order valence-corrected chi connectivity index (χ4v) is 3.51. The van der Waals surface area contributed by atoms with Gasteiger partial charge in [0.1, 0.15) is 11.5 Å². The van der Waals surface area contributed by atoms with Gasteiger partial charge in [-0.3, -0.25) is 0 Å². The monoisotopic (exact) mass is 333 g/mol. The minimum atomic E-state index is 0.473. The first kappa shape index (κ1) is 13.7. The molecular formula is C16H20BrN3. The van der Waals surface area contributed by atoms with Crippen LogP contribution in [0.1, 0.15) is 31.9 Å². The van der Waals surface area contributed by atoms with Crippen molar-refractivity contribution in [3.63, 3.8) is 0 Å². The molecule has 1 N–H and O–H groups in total. The molecule has 0 bridgehead atoms. The van der Waals surface area contributed by atoms with Crippen LogP contribution in [-0.2, 0) is 0 Å². The van der Waals surface area contributed by atoms with E-state index in [2.05, 4.69) is 71.0 Å². The largest absolute Gasteiger partial charge is 0.369 e. The number of anilines is 1. The molecule has 1 aromatic heterocycles. The van der Waals surface area contributed by atoms with Crippen molar-refractivity contribution in [3.05, 3.63) is 34.3 Å². The van der Waals surface area contributed by atoms with E-state index in [1.807, 2.05) is 0 Å². The molecule has 2 heterocycles. The van der Waals surface area contributed by atoms with E-state index in [0.29, 0.717) is 12.0 Å². The Bertz CT molecular complexity index is 631. The molecule has 0 saturated carbocycles. The Morgan fingerprint density at radius 1 is 1.35 bits per heavy atom. The molecule has 3 nitrogen and oxygen atoms in total. The Morgan fingerprint density at radius 2 is 2.10 bits per heavy atom. The molecule has 1 aliphatic rings. The van der Waals surface area contributed by atoms with E-state index in [1.54, 1.807) is 0 Å². The van der Waals surface area contributed by atoms with Gasteiger partial charge in [-0.15, -0.1) is 0 Å². The van der Waals surface area contributed by atoms with Gasteiger partial charge < -0.3 is 5.32 Å². The first-order chi connectivity index (χ1) is 9.59. The molecule has 3 rings (SSSR count). The summed E-state index contributed by atoms with van der Waals surface area (Å²) in [6.45, 7) is 7.68. The number of rotatable bonds is 2. The van der Waals surface area contributed by atoms with Gasteiger partial charge in [-0.1, -0.05) is 38.1 Å². The summed E-state index contributed by atoms with van der Waals surface area (Å²) in [5, 5.41) is 8.37. The van der Waals surface area contributed by atoms with E-state index >= 15 is 0 Å². The first-order valence-electron chi connectivity index (χ1n) is 7.17. The highest BCUT2D eigenvalue weighted by atomic mass is 79.9. The molecule has 1 atom stereocenters. The number of nitrogens with zero attached hydrogens (tertiary/aromatic N) is 2. The van der Waals surface area contributed by atoms with Crippen molar-refractivity contribution >= 4 is 21.7 Å². The molecule has 1 aliphatic heterocycles. The third kappa shape index (κ3) is 2.16. The predicted octanol–water partition coefficient (Wildman–Crippen LogP) is 4.63. The summed E-state index contributed by atoms with van der Waals surface area (Å²) in [4.78, 5) is 0. The maximum Gasteiger partial charge on any atom is 0.139 e. The number of aryl methyl sites for hydroxylation is 1. The van der Waals surface area contributed by atoms with Gasteiger partial charge in [0.25, 0.3) is 0 Å². The standard InChI is InChI=1S/C16H20BrN3/c1-10(2)13-8-9-18-16-14(17)15(19-20(13)16)12-7-5-4-6-11(12)3/h4-7,10,13,18H,8-9H2,1-3H3. The quantitative estimate of drug-likeness (QED) is 0.867. The molecule has 0 aliphatic carbocycles. The van der Waals surface area contributed by atoms with E-state index in [-0.39, 0.29) is 0 Å². The van der Waals surface area contributed by atoms with Crippen molar-refractivity contribution < 1.29 is 0 Å². The van der Waals surface area contributed by atoms with E-state index in [9.17, 15) is 0 Å². The Labute approximate surface area is 128 Å². The third-order valence-corrected chi connectivity index (χ3v) is 4.82. The predicted molar refractivity (Wildman–Crippen MR) is 87.1 cm³/mol. The molecule has 0 spiro atoms. The molecule has 1 aromatic carbocycles. The fraction of sp³-hybridized carbons (Fsp3) is 0.438. The molecule has 0 fully saturated rings. The highest BCUT2D eigenvalue weighted by Gasteiger charge is 2.28. The summed E-state index contributed by atoms with van der Waals surface area (Å²) in [6, 6.07) is 8.88. The summed E-state index contributed by atoms with van der Waals surface area (Å²) >= 11 is 3.74. The van der Waals surface area contributed by atoms with Gasteiger partial charge in [0.15, 0.2) is 0 Å². The van der Waals surface area contributed by atoms with Crippen LogP contribution < -0.4 is 5.32 Å². The number of hydrogen-bond donors (Lipinski definition) is 1. The lowest BCUT2D eigenvalue weighted by Gasteiger charge is -2.28. The van der Waals surface area contributed by atoms with Crippen LogP contribution in [0.5, 0.6) is 0 Å². The van der Waals surface area contributed by atoms with Crippen LogP contribution in [0.2, 0.25) is 0 Å². The van der Waals surface area contributed by atoms with Gasteiger partial charge in [0.2, 0.25) is 0 Å². The molecule has 2 aromatic rings. The second-order valence-electron chi connectivity index (χ2n) is 5.80. The smallest absolute Gasteiger partial charge is 0.139 e. The zero-order valence-electron chi connectivity index (χ0n) is 12.2. The van der Waals surface area contributed by atoms with Gasteiger partial charge in [-0.05, 0) is 40.8 Å². The second kappa shape index (κ2) is 5.24. The van der Waals surface area contributed by atoms with Gasteiger partial charge in [-0.2, -0.15) is 5.10 Å². The number of fused-ring (bicyclic) bond motifs is 1. The average Bonchev–Trinajstić information content (AvgIpc) is 2.76. The van der Waals surface area contributed by atoms with Gasteiger partial charge >= 0.3 is 0 Å². The topological polar surface area (TPSA) is 29.9 Å². The molecule has 0 radical (unpaired) electrons. The number of halogens is 1. The van der Waals surface area contributed by atoms with Crippen LogP contribution in [0.25, 0.3) is 11.3 Å².